The average Bonchev–Trinajstić information content (AvgIpc) is 2.81. The molecule has 1 aliphatic heterocycles. The van der Waals surface area contributed by atoms with Gasteiger partial charge in [-0.15, -0.1) is 0 Å². The summed E-state index contributed by atoms with van der Waals surface area (Å²) in [4.78, 5) is 35.9. The number of amides is 3. The van der Waals surface area contributed by atoms with Gasteiger partial charge in [-0.1, -0.05) is 6.92 Å². The van der Waals surface area contributed by atoms with Gasteiger partial charge in [-0.2, -0.15) is 0 Å². The molecule has 0 atom stereocenters. The lowest BCUT2D eigenvalue weighted by Crippen LogP contribution is -2.31. The topological polar surface area (TPSA) is 105 Å². The number of carbonyl (C=O) groups is 3. The van der Waals surface area contributed by atoms with Crippen molar-refractivity contribution in [1.29, 1.82) is 0 Å². The number of urea groups is 1. The number of carboxylic acid groups (broad SMARTS) is 1. The van der Waals surface area contributed by atoms with E-state index in [1.807, 2.05) is 29.5 Å². The Balaban J connectivity index is 2.31. The van der Waals surface area contributed by atoms with Crippen molar-refractivity contribution in [3.05, 3.63) is 27.0 Å². The van der Waals surface area contributed by atoms with E-state index in [1.54, 1.807) is 18.2 Å². The van der Waals surface area contributed by atoms with E-state index >= 15 is 0 Å². The predicted molar refractivity (Wildman–Crippen MR) is 97.4 cm³/mol. The number of carbonyl (C=O) groups excluding carboxylic acids is 2. The van der Waals surface area contributed by atoms with Gasteiger partial charge in [-0.05, 0) is 52.8 Å². The molecule has 0 unspecified atom stereocenters. The molecule has 0 aromatic heterocycles. The van der Waals surface area contributed by atoms with Crippen molar-refractivity contribution in [2.45, 2.75) is 13.3 Å². The summed E-state index contributed by atoms with van der Waals surface area (Å²) < 4.78 is 11.1. The molecule has 0 aliphatic carbocycles. The van der Waals surface area contributed by atoms with Crippen molar-refractivity contribution < 1.29 is 29.0 Å². The maximum atomic E-state index is 12.2. The number of ether oxygens (including phenoxy) is 2. The Kier molecular flexibility index (Phi) is 6.23. The van der Waals surface area contributed by atoms with Gasteiger partial charge < -0.3 is 19.9 Å². The summed E-state index contributed by atoms with van der Waals surface area (Å²) in [5.74, 6) is -0.837. The first-order valence-electron chi connectivity index (χ1n) is 7.44. The summed E-state index contributed by atoms with van der Waals surface area (Å²) >= 11 is 1.99. The molecule has 2 N–H and O–H groups in total. The second-order valence-corrected chi connectivity index (χ2v) is 6.32. The Labute approximate surface area is 157 Å². The minimum atomic E-state index is -1.10. The van der Waals surface area contributed by atoms with Gasteiger partial charge in [0.15, 0.2) is 18.1 Å². The minimum absolute atomic E-state index is 0.176. The van der Waals surface area contributed by atoms with E-state index in [-0.39, 0.29) is 11.6 Å². The molecule has 25 heavy (non-hydrogen) atoms. The fourth-order valence-electron chi connectivity index (χ4n) is 2.26. The maximum Gasteiger partial charge on any atom is 0.341 e. The lowest BCUT2D eigenvalue weighted by atomic mass is 10.1. The van der Waals surface area contributed by atoms with Crippen LogP contribution in [0, 0.1) is 3.57 Å². The zero-order chi connectivity index (χ0) is 18.6. The van der Waals surface area contributed by atoms with E-state index in [2.05, 4.69) is 5.32 Å². The van der Waals surface area contributed by atoms with E-state index in [1.165, 1.54) is 7.11 Å². The standard InChI is InChI=1S/C16H17IN2O6/c1-3-4-19-15(22)11(18-16(19)23)6-9-5-10(17)14(12(7-9)24-2)25-8-13(20)21/h5-7H,3-4,8H2,1-2H3,(H,18,23)(H,20,21)/b11-6+. The molecule has 0 radical (unpaired) electrons. The van der Waals surface area contributed by atoms with Crippen LogP contribution in [0.3, 0.4) is 0 Å². The highest BCUT2D eigenvalue weighted by atomic mass is 127. The molecule has 9 heteroatoms. The van der Waals surface area contributed by atoms with Gasteiger partial charge in [-0.25, -0.2) is 9.59 Å². The van der Waals surface area contributed by atoms with Crippen molar-refractivity contribution in [2.75, 3.05) is 20.3 Å². The van der Waals surface area contributed by atoms with Crippen molar-refractivity contribution in [1.82, 2.24) is 10.2 Å². The van der Waals surface area contributed by atoms with Gasteiger partial charge >= 0.3 is 12.0 Å². The molecule has 1 aromatic carbocycles. The Hall–Kier alpha value is -2.30. The molecule has 0 saturated carbocycles. The molecule has 1 aromatic rings. The van der Waals surface area contributed by atoms with Gasteiger partial charge in [-0.3, -0.25) is 9.69 Å². The zero-order valence-electron chi connectivity index (χ0n) is 13.7. The molecule has 2 rings (SSSR count). The quantitative estimate of drug-likeness (QED) is 0.367. The molecule has 1 saturated heterocycles. The number of carboxylic acids is 1. The third-order valence-corrected chi connectivity index (χ3v) is 4.11. The van der Waals surface area contributed by atoms with E-state index in [0.29, 0.717) is 33.6 Å². The summed E-state index contributed by atoms with van der Waals surface area (Å²) in [6, 6.07) is 2.87. The lowest BCUT2D eigenvalue weighted by Gasteiger charge is -2.12. The van der Waals surface area contributed by atoms with E-state index in [4.69, 9.17) is 14.6 Å². The van der Waals surface area contributed by atoms with Crippen LogP contribution < -0.4 is 14.8 Å². The van der Waals surface area contributed by atoms with E-state index in [9.17, 15) is 14.4 Å². The number of imide groups is 1. The summed E-state index contributed by atoms with van der Waals surface area (Å²) in [5.41, 5.74) is 0.793. The highest BCUT2D eigenvalue weighted by Crippen LogP contribution is 2.34. The first kappa shape index (κ1) is 19.0. The molecule has 1 aliphatic rings. The summed E-state index contributed by atoms with van der Waals surface area (Å²) in [6.45, 7) is 1.74. The molecular weight excluding hydrogens is 443 g/mol. The Morgan fingerprint density at radius 1 is 1.40 bits per heavy atom. The Bertz CT molecular complexity index is 746. The number of hydrogen-bond acceptors (Lipinski definition) is 5. The first-order valence-corrected chi connectivity index (χ1v) is 8.52. The van der Waals surface area contributed by atoms with Gasteiger partial charge in [0.2, 0.25) is 0 Å². The van der Waals surface area contributed by atoms with Gasteiger partial charge in [0, 0.05) is 6.54 Å². The van der Waals surface area contributed by atoms with Crippen molar-refractivity contribution in [2.24, 2.45) is 0 Å². The van der Waals surface area contributed by atoms with Crippen LogP contribution in [0.25, 0.3) is 6.08 Å². The molecule has 1 heterocycles. The van der Waals surface area contributed by atoms with Gasteiger partial charge in [0.1, 0.15) is 5.70 Å². The van der Waals surface area contributed by atoms with Gasteiger partial charge in [0.05, 0.1) is 10.7 Å². The van der Waals surface area contributed by atoms with Crippen LogP contribution in [-0.2, 0) is 9.59 Å². The summed E-state index contributed by atoms with van der Waals surface area (Å²) in [6.07, 6.45) is 2.22. The molecular formula is C16H17IN2O6. The van der Waals surface area contributed by atoms with Crippen LogP contribution in [0.4, 0.5) is 4.79 Å². The number of halogens is 1. The molecule has 8 nitrogen and oxygen atoms in total. The largest absolute Gasteiger partial charge is 0.493 e. The fourth-order valence-corrected chi connectivity index (χ4v) is 3.04. The Morgan fingerprint density at radius 2 is 2.12 bits per heavy atom. The van der Waals surface area contributed by atoms with Crippen LogP contribution >= 0.6 is 22.6 Å². The van der Waals surface area contributed by atoms with E-state index in [0.717, 1.165) is 4.90 Å². The first-order chi connectivity index (χ1) is 11.9. The second-order valence-electron chi connectivity index (χ2n) is 5.16. The number of rotatable bonds is 7. The van der Waals surface area contributed by atoms with Crippen molar-refractivity contribution >= 4 is 46.6 Å². The van der Waals surface area contributed by atoms with Crippen LogP contribution in [0.1, 0.15) is 18.9 Å². The molecule has 0 bridgehead atoms. The normalized spacial score (nSPS) is 15.5. The summed E-state index contributed by atoms with van der Waals surface area (Å²) in [5, 5.41) is 11.3. The number of hydrogen-bond donors (Lipinski definition) is 2. The van der Waals surface area contributed by atoms with Crippen molar-refractivity contribution in [3.63, 3.8) is 0 Å². The van der Waals surface area contributed by atoms with Crippen LogP contribution in [-0.4, -0.2) is 48.2 Å². The second kappa shape index (κ2) is 8.19. The van der Waals surface area contributed by atoms with Gasteiger partial charge in [0.25, 0.3) is 5.91 Å². The number of nitrogens with zero attached hydrogens (tertiary/aromatic N) is 1. The fraction of sp³-hybridized carbons (Fsp3) is 0.312. The third kappa shape index (κ3) is 4.41. The third-order valence-electron chi connectivity index (χ3n) is 3.31. The number of aliphatic carboxylic acids is 1. The number of nitrogens with one attached hydrogen (secondary N) is 1. The van der Waals surface area contributed by atoms with E-state index < -0.39 is 18.6 Å². The highest BCUT2D eigenvalue weighted by molar-refractivity contribution is 14.1. The smallest absolute Gasteiger partial charge is 0.341 e. The summed E-state index contributed by atoms with van der Waals surface area (Å²) in [7, 11) is 1.43. The van der Waals surface area contributed by atoms with Crippen molar-refractivity contribution in [3.8, 4) is 11.5 Å². The monoisotopic (exact) mass is 460 g/mol. The van der Waals surface area contributed by atoms with Crippen LogP contribution in [0.5, 0.6) is 11.5 Å². The average molecular weight is 460 g/mol. The number of benzene rings is 1. The Morgan fingerprint density at radius 3 is 2.72 bits per heavy atom. The minimum Gasteiger partial charge on any atom is -0.493 e. The lowest BCUT2D eigenvalue weighted by molar-refractivity contribution is -0.139. The highest BCUT2D eigenvalue weighted by Gasteiger charge is 2.32. The zero-order valence-corrected chi connectivity index (χ0v) is 15.8. The maximum absolute atomic E-state index is 12.2. The molecule has 0 spiro atoms. The number of methoxy groups -OCH3 is 1. The molecule has 134 valence electrons. The van der Waals surface area contributed by atoms with Crippen LogP contribution in [0.15, 0.2) is 17.8 Å². The SMILES string of the molecule is CCCN1C(=O)N/C(=C/c2cc(I)c(OCC(=O)O)c(OC)c2)C1=O. The predicted octanol–water partition coefficient (Wildman–Crippen LogP) is 2.07. The van der Waals surface area contributed by atoms with Crippen LogP contribution in [0.2, 0.25) is 0 Å². The molecule has 1 fully saturated rings. The molecule has 3 amide bonds.